The first-order chi connectivity index (χ1) is 7.29. The van der Waals surface area contributed by atoms with Crippen LogP contribution in [-0.2, 0) is 0 Å². The first-order valence-corrected chi connectivity index (χ1v) is 5.13. The molecule has 15 heavy (non-hydrogen) atoms. The van der Waals surface area contributed by atoms with Gasteiger partial charge in [0.2, 0.25) is 0 Å². The third-order valence-corrected chi connectivity index (χ3v) is 2.18. The van der Waals surface area contributed by atoms with Crippen LogP contribution < -0.4 is 5.32 Å². The highest BCUT2D eigenvalue weighted by Gasteiger charge is 2.04. The van der Waals surface area contributed by atoms with Gasteiger partial charge in [-0.15, -0.1) is 0 Å². The molecule has 0 spiro atoms. The van der Waals surface area contributed by atoms with Crippen molar-refractivity contribution in [2.75, 3.05) is 11.9 Å². The van der Waals surface area contributed by atoms with E-state index < -0.39 is 0 Å². The van der Waals surface area contributed by atoms with E-state index in [2.05, 4.69) is 17.2 Å². The number of benzene rings is 1. The largest absolute Gasteiger partial charge is 0.508 e. The molecule has 0 bridgehead atoms. The number of nitrogens with one attached hydrogen (secondary N) is 1. The molecular weight excluding hydrogens is 192 g/mol. The van der Waals surface area contributed by atoms with E-state index in [4.69, 9.17) is 4.42 Å². The van der Waals surface area contributed by atoms with Gasteiger partial charge in [0.05, 0.1) is 0 Å². The van der Waals surface area contributed by atoms with E-state index in [0.717, 1.165) is 24.9 Å². The first-order valence-electron chi connectivity index (χ1n) is 5.13. The normalized spacial score (nSPS) is 10.7. The number of aromatic nitrogens is 1. The Hall–Kier alpha value is -1.71. The fourth-order valence-corrected chi connectivity index (χ4v) is 1.36. The summed E-state index contributed by atoms with van der Waals surface area (Å²) in [7, 11) is 0. The molecule has 0 saturated carbocycles. The lowest BCUT2D eigenvalue weighted by Crippen LogP contribution is -2.00. The monoisotopic (exact) mass is 206 g/mol. The van der Waals surface area contributed by atoms with E-state index >= 15 is 0 Å². The fourth-order valence-electron chi connectivity index (χ4n) is 1.36. The number of phenols is 1. The van der Waals surface area contributed by atoms with Crippen molar-refractivity contribution >= 4 is 17.1 Å². The molecule has 0 atom stereocenters. The second-order valence-corrected chi connectivity index (χ2v) is 3.45. The van der Waals surface area contributed by atoms with Gasteiger partial charge in [-0.3, -0.25) is 0 Å². The molecular formula is C11H14N2O2. The summed E-state index contributed by atoms with van der Waals surface area (Å²) in [6, 6.07) is 5.41. The van der Waals surface area contributed by atoms with Crippen LogP contribution in [0, 0.1) is 0 Å². The Bertz CT molecular complexity index is 451. The second-order valence-electron chi connectivity index (χ2n) is 3.45. The van der Waals surface area contributed by atoms with Crippen LogP contribution in [0.1, 0.15) is 19.8 Å². The summed E-state index contributed by atoms with van der Waals surface area (Å²) in [5.74, 6) is 0.193. The average Bonchev–Trinajstić information content (AvgIpc) is 2.60. The zero-order valence-corrected chi connectivity index (χ0v) is 8.66. The third-order valence-electron chi connectivity index (χ3n) is 2.18. The van der Waals surface area contributed by atoms with E-state index in [0.29, 0.717) is 11.6 Å². The lowest BCUT2D eigenvalue weighted by atomic mass is 10.3. The van der Waals surface area contributed by atoms with E-state index in [1.54, 1.807) is 18.2 Å². The Labute approximate surface area is 87.9 Å². The molecule has 0 fully saturated rings. The predicted octanol–water partition coefficient (Wildman–Crippen LogP) is 2.75. The summed E-state index contributed by atoms with van der Waals surface area (Å²) >= 11 is 0. The second kappa shape index (κ2) is 4.21. The van der Waals surface area contributed by atoms with Crippen molar-refractivity contribution in [1.82, 2.24) is 4.98 Å². The van der Waals surface area contributed by atoms with Crippen molar-refractivity contribution in [2.45, 2.75) is 19.8 Å². The Balaban J connectivity index is 2.16. The molecule has 2 aromatic rings. The molecule has 0 saturated heterocycles. The number of hydrogen-bond donors (Lipinski definition) is 2. The molecule has 1 heterocycles. The van der Waals surface area contributed by atoms with Gasteiger partial charge >= 0.3 is 0 Å². The molecule has 80 valence electrons. The summed E-state index contributed by atoms with van der Waals surface area (Å²) in [6.07, 6.45) is 2.22. The number of rotatable bonds is 4. The van der Waals surface area contributed by atoms with Crippen LogP contribution in [0.3, 0.4) is 0 Å². The lowest BCUT2D eigenvalue weighted by molar-refractivity contribution is 0.474. The van der Waals surface area contributed by atoms with Crippen LogP contribution in [-0.4, -0.2) is 16.6 Å². The number of phenolic OH excluding ortho intramolecular Hbond substituents is 1. The maximum atomic E-state index is 9.25. The molecule has 0 unspecified atom stereocenters. The standard InChI is InChI=1S/C11H14N2O2/c1-2-3-6-12-11-13-9-5-4-8(14)7-10(9)15-11/h4-5,7,14H,2-3,6H2,1H3,(H,12,13). The predicted molar refractivity (Wildman–Crippen MR) is 59.1 cm³/mol. The number of anilines is 1. The van der Waals surface area contributed by atoms with E-state index in [1.165, 1.54) is 0 Å². The van der Waals surface area contributed by atoms with Gasteiger partial charge < -0.3 is 14.8 Å². The summed E-state index contributed by atoms with van der Waals surface area (Å²) in [6.45, 7) is 2.99. The molecule has 2 N–H and O–H groups in total. The number of oxazole rings is 1. The smallest absolute Gasteiger partial charge is 0.295 e. The molecule has 4 heteroatoms. The Morgan fingerprint density at radius 2 is 2.33 bits per heavy atom. The Kier molecular flexibility index (Phi) is 2.76. The van der Waals surface area contributed by atoms with Crippen molar-refractivity contribution in [3.63, 3.8) is 0 Å². The number of unbranched alkanes of at least 4 members (excludes halogenated alkanes) is 1. The minimum absolute atomic E-state index is 0.193. The molecule has 2 rings (SSSR count). The number of fused-ring (bicyclic) bond motifs is 1. The summed E-state index contributed by atoms with van der Waals surface area (Å²) in [5, 5.41) is 12.3. The van der Waals surface area contributed by atoms with Gasteiger partial charge in [0.1, 0.15) is 11.3 Å². The Morgan fingerprint density at radius 3 is 3.13 bits per heavy atom. The number of aromatic hydroxyl groups is 1. The molecule has 0 aliphatic rings. The molecule has 1 aromatic carbocycles. The molecule has 0 radical (unpaired) electrons. The van der Waals surface area contributed by atoms with E-state index in [9.17, 15) is 5.11 Å². The Morgan fingerprint density at radius 1 is 1.47 bits per heavy atom. The summed E-state index contributed by atoms with van der Waals surface area (Å²) in [5.41, 5.74) is 1.36. The van der Waals surface area contributed by atoms with Crippen molar-refractivity contribution < 1.29 is 9.52 Å². The highest BCUT2D eigenvalue weighted by Crippen LogP contribution is 2.22. The van der Waals surface area contributed by atoms with Gasteiger partial charge in [0, 0.05) is 12.6 Å². The zero-order valence-electron chi connectivity index (χ0n) is 8.66. The summed E-state index contributed by atoms with van der Waals surface area (Å²) in [4.78, 5) is 4.24. The quantitative estimate of drug-likeness (QED) is 0.755. The maximum absolute atomic E-state index is 9.25. The topological polar surface area (TPSA) is 58.3 Å². The van der Waals surface area contributed by atoms with Gasteiger partial charge in [0.15, 0.2) is 5.58 Å². The first kappa shape index (κ1) is 9.83. The highest BCUT2D eigenvalue weighted by atomic mass is 16.4. The number of hydrogen-bond acceptors (Lipinski definition) is 4. The van der Waals surface area contributed by atoms with Crippen LogP contribution in [0.4, 0.5) is 6.01 Å². The lowest BCUT2D eigenvalue weighted by Gasteiger charge is -1.97. The minimum Gasteiger partial charge on any atom is -0.508 e. The van der Waals surface area contributed by atoms with Crippen LogP contribution >= 0.6 is 0 Å². The molecule has 1 aromatic heterocycles. The van der Waals surface area contributed by atoms with Gasteiger partial charge in [-0.05, 0) is 18.6 Å². The third kappa shape index (κ3) is 2.21. The van der Waals surface area contributed by atoms with Crippen molar-refractivity contribution in [3.8, 4) is 5.75 Å². The highest BCUT2D eigenvalue weighted by molar-refractivity contribution is 5.75. The van der Waals surface area contributed by atoms with Gasteiger partial charge in [0.25, 0.3) is 6.01 Å². The van der Waals surface area contributed by atoms with Crippen LogP contribution in [0.25, 0.3) is 11.1 Å². The zero-order chi connectivity index (χ0) is 10.7. The van der Waals surface area contributed by atoms with Crippen LogP contribution in [0.5, 0.6) is 5.75 Å². The molecule has 4 nitrogen and oxygen atoms in total. The molecule has 0 amide bonds. The van der Waals surface area contributed by atoms with Crippen LogP contribution in [0.15, 0.2) is 22.6 Å². The minimum atomic E-state index is 0.193. The van der Waals surface area contributed by atoms with Gasteiger partial charge in [-0.1, -0.05) is 13.3 Å². The van der Waals surface area contributed by atoms with Crippen molar-refractivity contribution in [1.29, 1.82) is 0 Å². The van der Waals surface area contributed by atoms with E-state index in [-0.39, 0.29) is 5.75 Å². The molecule has 0 aliphatic carbocycles. The van der Waals surface area contributed by atoms with Crippen molar-refractivity contribution in [2.24, 2.45) is 0 Å². The molecule has 0 aliphatic heterocycles. The fraction of sp³-hybridized carbons (Fsp3) is 0.364. The average molecular weight is 206 g/mol. The van der Waals surface area contributed by atoms with E-state index in [1.807, 2.05) is 0 Å². The van der Waals surface area contributed by atoms with Crippen molar-refractivity contribution in [3.05, 3.63) is 18.2 Å². The van der Waals surface area contributed by atoms with Gasteiger partial charge in [-0.2, -0.15) is 4.98 Å². The van der Waals surface area contributed by atoms with Crippen LogP contribution in [0.2, 0.25) is 0 Å². The van der Waals surface area contributed by atoms with Gasteiger partial charge in [-0.25, -0.2) is 0 Å². The number of nitrogens with zero attached hydrogens (tertiary/aromatic N) is 1. The SMILES string of the molecule is CCCCNc1nc2ccc(O)cc2o1. The summed E-state index contributed by atoms with van der Waals surface area (Å²) < 4.78 is 5.41. The maximum Gasteiger partial charge on any atom is 0.295 e.